The summed E-state index contributed by atoms with van der Waals surface area (Å²) in [6.45, 7) is 5.10. The van der Waals surface area contributed by atoms with Crippen LogP contribution in [0.4, 0.5) is 4.79 Å². The van der Waals surface area contributed by atoms with Gasteiger partial charge in [0.2, 0.25) is 0 Å². The molecule has 1 aliphatic rings. The van der Waals surface area contributed by atoms with Crippen LogP contribution in [0.2, 0.25) is 0 Å². The molecule has 2 rings (SSSR count). The molecule has 1 fully saturated rings. The topological polar surface area (TPSA) is 82.1 Å². The van der Waals surface area contributed by atoms with Gasteiger partial charge in [-0.05, 0) is 12.0 Å². The first-order valence-corrected chi connectivity index (χ1v) is 8.31. The van der Waals surface area contributed by atoms with Gasteiger partial charge in [-0.1, -0.05) is 36.4 Å². The van der Waals surface area contributed by atoms with Crippen LogP contribution in [0.15, 0.2) is 43.0 Å². The number of hydrogen-bond donors (Lipinski definition) is 0. The molecule has 1 saturated heterocycles. The lowest BCUT2D eigenvalue weighted by Gasteiger charge is -2.24. The zero-order valence-electron chi connectivity index (χ0n) is 14.9. The Balaban J connectivity index is 2.16. The molecule has 26 heavy (non-hydrogen) atoms. The highest BCUT2D eigenvalue weighted by atomic mass is 16.6. The van der Waals surface area contributed by atoms with Gasteiger partial charge in [-0.3, -0.25) is 9.69 Å². The molecule has 7 nitrogen and oxygen atoms in total. The van der Waals surface area contributed by atoms with Crippen molar-refractivity contribution in [2.45, 2.75) is 32.1 Å². The second-order valence-electron chi connectivity index (χ2n) is 6.00. The van der Waals surface area contributed by atoms with Gasteiger partial charge in [0.15, 0.2) is 0 Å². The zero-order valence-corrected chi connectivity index (χ0v) is 14.9. The van der Waals surface area contributed by atoms with Crippen molar-refractivity contribution < 1.29 is 28.6 Å². The van der Waals surface area contributed by atoms with E-state index in [1.165, 1.54) is 18.9 Å². The quantitative estimate of drug-likeness (QED) is 0.439. The Morgan fingerprint density at radius 1 is 1.27 bits per heavy atom. The summed E-state index contributed by atoms with van der Waals surface area (Å²) < 4.78 is 15.5. The molecule has 1 amide bonds. The lowest BCUT2D eigenvalue weighted by atomic mass is 9.94. The number of amides is 1. The van der Waals surface area contributed by atoms with Crippen LogP contribution in [0.3, 0.4) is 0 Å². The van der Waals surface area contributed by atoms with E-state index in [2.05, 4.69) is 6.58 Å². The van der Waals surface area contributed by atoms with Crippen molar-refractivity contribution in [2.75, 3.05) is 13.7 Å². The first-order chi connectivity index (χ1) is 12.5. The summed E-state index contributed by atoms with van der Waals surface area (Å²) >= 11 is 0. The molecule has 0 N–H and O–H groups in total. The van der Waals surface area contributed by atoms with Crippen LogP contribution < -0.4 is 0 Å². The van der Waals surface area contributed by atoms with Gasteiger partial charge < -0.3 is 14.2 Å². The Bertz CT molecular complexity index is 659. The summed E-state index contributed by atoms with van der Waals surface area (Å²) in [6, 6.07) is 8.31. The fraction of sp³-hybridized carbons (Fsp3) is 0.421. The molecule has 0 radical (unpaired) electrons. The highest BCUT2D eigenvalue weighted by molar-refractivity contribution is 5.83. The number of carbonyl (C=O) groups is 3. The van der Waals surface area contributed by atoms with Crippen LogP contribution >= 0.6 is 0 Å². The minimum absolute atomic E-state index is 0.0610. The molecule has 0 saturated carbocycles. The first-order valence-electron chi connectivity index (χ1n) is 8.31. The van der Waals surface area contributed by atoms with Crippen molar-refractivity contribution >= 4 is 18.0 Å². The number of hydrogen-bond acceptors (Lipinski definition) is 6. The number of allylic oxidation sites excluding steroid dienone is 1. The van der Waals surface area contributed by atoms with E-state index in [0.29, 0.717) is 6.42 Å². The van der Waals surface area contributed by atoms with Gasteiger partial charge in [0, 0.05) is 12.8 Å². The van der Waals surface area contributed by atoms with E-state index in [1.807, 2.05) is 30.3 Å². The number of esters is 2. The van der Waals surface area contributed by atoms with Crippen molar-refractivity contribution in [1.29, 1.82) is 0 Å². The number of ether oxygens (including phenoxy) is 3. The molecule has 1 aromatic carbocycles. The number of methoxy groups -OCH3 is 1. The number of rotatable bonds is 6. The third-order valence-corrected chi connectivity index (χ3v) is 4.23. The lowest BCUT2D eigenvalue weighted by molar-refractivity contribution is -0.151. The minimum atomic E-state index is -0.898. The molecule has 1 heterocycles. The maximum absolute atomic E-state index is 12.6. The van der Waals surface area contributed by atoms with Crippen molar-refractivity contribution in [1.82, 2.24) is 4.90 Å². The van der Waals surface area contributed by atoms with E-state index in [0.717, 1.165) is 5.56 Å². The van der Waals surface area contributed by atoms with Crippen LogP contribution in [0.25, 0.3) is 0 Å². The number of nitrogens with zero attached hydrogens (tertiary/aromatic N) is 1. The fourth-order valence-corrected chi connectivity index (χ4v) is 3.10. The predicted molar refractivity (Wildman–Crippen MR) is 93.0 cm³/mol. The second kappa shape index (κ2) is 9.03. The standard InChI is InChI=1S/C19H23NO6/c1-4-8-15-16(26-13(2)21)11-20(17(15)18(22)24-3)19(23)25-12-14-9-6-5-7-10-14/h4-7,9-10,15-17H,1,8,11-12H2,2-3H3. The molecule has 1 aliphatic heterocycles. The predicted octanol–water partition coefficient (Wildman–Crippen LogP) is 2.30. The molecular weight excluding hydrogens is 338 g/mol. The Hall–Kier alpha value is -2.83. The maximum atomic E-state index is 12.6. The summed E-state index contributed by atoms with van der Waals surface area (Å²) in [7, 11) is 1.25. The van der Waals surface area contributed by atoms with Crippen LogP contribution in [-0.2, 0) is 30.4 Å². The smallest absolute Gasteiger partial charge is 0.410 e. The van der Waals surface area contributed by atoms with Crippen molar-refractivity contribution in [3.8, 4) is 0 Å². The van der Waals surface area contributed by atoms with Gasteiger partial charge in [0.1, 0.15) is 18.8 Å². The maximum Gasteiger partial charge on any atom is 0.410 e. The van der Waals surface area contributed by atoms with Crippen molar-refractivity contribution in [3.63, 3.8) is 0 Å². The summed E-state index contributed by atoms with van der Waals surface area (Å²) in [5.41, 5.74) is 0.828. The van der Waals surface area contributed by atoms with Crippen molar-refractivity contribution in [2.24, 2.45) is 5.92 Å². The fourth-order valence-electron chi connectivity index (χ4n) is 3.10. The zero-order chi connectivity index (χ0) is 19.1. The van der Waals surface area contributed by atoms with Crippen LogP contribution in [0, 0.1) is 5.92 Å². The number of carbonyl (C=O) groups excluding carboxylic acids is 3. The lowest BCUT2D eigenvalue weighted by Crippen LogP contribution is -2.44. The average molecular weight is 361 g/mol. The summed E-state index contributed by atoms with van der Waals surface area (Å²) in [4.78, 5) is 37.5. The van der Waals surface area contributed by atoms with Gasteiger partial charge >= 0.3 is 18.0 Å². The molecule has 0 aliphatic carbocycles. The molecule has 1 aromatic rings. The Kier molecular flexibility index (Phi) is 6.77. The Labute approximate surface area is 152 Å². The molecule has 3 unspecified atom stereocenters. The molecule has 0 spiro atoms. The van der Waals surface area contributed by atoms with Crippen LogP contribution in [0.1, 0.15) is 18.9 Å². The number of benzene rings is 1. The normalized spacial score (nSPS) is 21.8. The van der Waals surface area contributed by atoms with Gasteiger partial charge in [-0.15, -0.1) is 6.58 Å². The summed E-state index contributed by atoms with van der Waals surface area (Å²) in [6.07, 6.45) is 0.725. The van der Waals surface area contributed by atoms with E-state index in [1.54, 1.807) is 6.08 Å². The molecule has 3 atom stereocenters. The van der Waals surface area contributed by atoms with Crippen molar-refractivity contribution in [3.05, 3.63) is 48.6 Å². The van der Waals surface area contributed by atoms with Gasteiger partial charge in [-0.25, -0.2) is 9.59 Å². The van der Waals surface area contributed by atoms with Gasteiger partial charge in [0.05, 0.1) is 13.7 Å². The third-order valence-electron chi connectivity index (χ3n) is 4.23. The second-order valence-corrected chi connectivity index (χ2v) is 6.00. The van der Waals surface area contributed by atoms with Gasteiger partial charge in [0.25, 0.3) is 0 Å². The minimum Gasteiger partial charge on any atom is -0.467 e. The monoisotopic (exact) mass is 361 g/mol. The van der Waals surface area contributed by atoms with E-state index >= 15 is 0 Å². The van der Waals surface area contributed by atoms with E-state index < -0.39 is 36.1 Å². The van der Waals surface area contributed by atoms with Gasteiger partial charge in [-0.2, -0.15) is 0 Å². The molecular formula is C19H23NO6. The Morgan fingerprint density at radius 2 is 1.96 bits per heavy atom. The molecule has 0 aromatic heterocycles. The van der Waals surface area contributed by atoms with E-state index in [9.17, 15) is 14.4 Å². The highest BCUT2D eigenvalue weighted by Gasteiger charge is 2.50. The number of likely N-dealkylation sites (tertiary alicyclic amines) is 1. The van der Waals surface area contributed by atoms with E-state index in [4.69, 9.17) is 14.2 Å². The highest BCUT2D eigenvalue weighted by Crippen LogP contribution is 2.32. The first kappa shape index (κ1) is 19.5. The molecule has 140 valence electrons. The largest absolute Gasteiger partial charge is 0.467 e. The van der Waals surface area contributed by atoms with Crippen LogP contribution in [0.5, 0.6) is 0 Å². The Morgan fingerprint density at radius 3 is 2.54 bits per heavy atom. The van der Waals surface area contributed by atoms with Crippen LogP contribution in [-0.4, -0.2) is 48.7 Å². The third kappa shape index (κ3) is 4.62. The summed E-state index contributed by atoms with van der Waals surface area (Å²) in [5.74, 6) is -1.50. The molecule has 7 heteroatoms. The van der Waals surface area contributed by atoms with E-state index in [-0.39, 0.29) is 13.2 Å². The average Bonchev–Trinajstić information content (AvgIpc) is 2.98. The summed E-state index contributed by atoms with van der Waals surface area (Å²) in [5, 5.41) is 0. The molecule has 0 bridgehead atoms. The SMILES string of the molecule is C=CCC1C(OC(C)=O)CN(C(=O)OCc2ccccc2)C1C(=O)OC.